The second-order valence-electron chi connectivity index (χ2n) is 14.3. The van der Waals surface area contributed by atoms with Crippen molar-refractivity contribution in [3.8, 4) is 56.4 Å². The van der Waals surface area contributed by atoms with Gasteiger partial charge in [-0.25, -0.2) is 15.0 Å². The van der Waals surface area contributed by atoms with E-state index in [1.54, 1.807) is 0 Å². The van der Waals surface area contributed by atoms with Crippen LogP contribution in [0.5, 0.6) is 0 Å². The van der Waals surface area contributed by atoms with Crippen LogP contribution in [0.15, 0.2) is 189 Å². The molecule has 0 N–H and O–H groups in total. The fourth-order valence-electron chi connectivity index (χ4n) is 8.24. The smallest absolute Gasteiger partial charge is 0.165 e. The number of hydrogen-bond acceptors (Lipinski definition) is 6. The quantitative estimate of drug-likeness (QED) is 0.175. The van der Waals surface area contributed by atoms with Crippen LogP contribution in [0.3, 0.4) is 0 Å². The van der Waals surface area contributed by atoms with Crippen LogP contribution in [0.2, 0.25) is 0 Å². The molecule has 8 aromatic carbocycles. The lowest BCUT2D eigenvalue weighted by atomic mass is 9.93. The molecule has 4 aromatic heterocycles. The number of benzene rings is 8. The highest BCUT2D eigenvalue weighted by atomic mass is 16.3. The van der Waals surface area contributed by atoms with Gasteiger partial charge in [0.2, 0.25) is 0 Å². The minimum Gasteiger partial charge on any atom is -0.456 e. The summed E-state index contributed by atoms with van der Waals surface area (Å²) in [6.07, 6.45) is 0. The van der Waals surface area contributed by atoms with Gasteiger partial charge in [-0.3, -0.25) is 0 Å². The van der Waals surface area contributed by atoms with E-state index < -0.39 is 0 Å². The van der Waals surface area contributed by atoms with Crippen LogP contribution in [-0.2, 0) is 0 Å². The molecule has 0 saturated heterocycles. The average Bonchev–Trinajstić information content (AvgIpc) is 3.97. The van der Waals surface area contributed by atoms with Gasteiger partial charge in [-0.15, -0.1) is 0 Å². The summed E-state index contributed by atoms with van der Waals surface area (Å²) in [5.74, 6) is 1.74. The Morgan fingerprint density at radius 1 is 0.281 bits per heavy atom. The minimum absolute atomic E-state index is 0.555. The van der Waals surface area contributed by atoms with Gasteiger partial charge in [0.25, 0.3) is 0 Å². The lowest BCUT2D eigenvalue weighted by Crippen LogP contribution is -2.01. The molecule has 12 rings (SSSR count). The second-order valence-corrected chi connectivity index (χ2v) is 14.3. The molecule has 0 atom stereocenters. The first-order valence-corrected chi connectivity index (χ1v) is 18.9. The fourth-order valence-corrected chi connectivity index (χ4v) is 8.24. The summed E-state index contributed by atoms with van der Waals surface area (Å²) in [7, 11) is 0. The Morgan fingerprint density at radius 2 is 0.702 bits per heavy atom. The number of furan rings is 3. The van der Waals surface area contributed by atoms with E-state index in [9.17, 15) is 0 Å². The normalized spacial score (nSPS) is 11.9. The summed E-state index contributed by atoms with van der Waals surface area (Å²) in [4.78, 5) is 15.6. The van der Waals surface area contributed by atoms with Gasteiger partial charge in [0.05, 0.1) is 0 Å². The van der Waals surface area contributed by atoms with Gasteiger partial charge in [0, 0.05) is 49.0 Å². The molecular formula is C51H29N3O3. The molecule has 0 amide bonds. The average molecular weight is 732 g/mol. The third-order valence-electron chi connectivity index (χ3n) is 11.0. The Hall–Kier alpha value is -7.83. The molecule has 0 unspecified atom stereocenters. The van der Waals surface area contributed by atoms with Crippen LogP contribution in [0.25, 0.3) is 122 Å². The first kappa shape index (κ1) is 31.5. The van der Waals surface area contributed by atoms with Crippen LogP contribution >= 0.6 is 0 Å². The van der Waals surface area contributed by atoms with Crippen LogP contribution in [0.1, 0.15) is 0 Å². The maximum atomic E-state index is 6.66. The maximum Gasteiger partial charge on any atom is 0.165 e. The molecule has 0 spiro atoms. The second kappa shape index (κ2) is 12.3. The van der Waals surface area contributed by atoms with Gasteiger partial charge in [-0.1, -0.05) is 115 Å². The summed E-state index contributed by atoms with van der Waals surface area (Å²) < 4.78 is 19.1. The molecule has 0 bridgehead atoms. The SMILES string of the molecule is c1ccc(-c2nc(-c3ccccc3)nc(-c3c(-c4ccc5oc6ccccc6c5c4)ccc4oc5ccc(-c6ccc7oc8ccccc8c7c6)cc5c34)n2)cc1. The zero-order valence-electron chi connectivity index (χ0n) is 30.3. The van der Waals surface area contributed by atoms with Crippen LogP contribution in [0.4, 0.5) is 0 Å². The van der Waals surface area contributed by atoms with Crippen molar-refractivity contribution in [2.45, 2.75) is 0 Å². The summed E-state index contributed by atoms with van der Waals surface area (Å²) >= 11 is 0. The van der Waals surface area contributed by atoms with Crippen molar-refractivity contribution in [2.75, 3.05) is 0 Å². The van der Waals surface area contributed by atoms with Gasteiger partial charge >= 0.3 is 0 Å². The number of rotatable bonds is 5. The van der Waals surface area contributed by atoms with E-state index in [1.165, 1.54) is 0 Å². The number of nitrogens with zero attached hydrogens (tertiary/aromatic N) is 3. The highest BCUT2D eigenvalue weighted by Crippen LogP contribution is 2.45. The van der Waals surface area contributed by atoms with Crippen molar-refractivity contribution in [2.24, 2.45) is 0 Å². The Kier molecular flexibility index (Phi) is 6.83. The van der Waals surface area contributed by atoms with E-state index in [0.29, 0.717) is 17.5 Å². The molecule has 0 fully saturated rings. The zero-order valence-corrected chi connectivity index (χ0v) is 30.3. The first-order valence-electron chi connectivity index (χ1n) is 18.9. The number of hydrogen-bond donors (Lipinski definition) is 0. The third-order valence-corrected chi connectivity index (χ3v) is 11.0. The lowest BCUT2D eigenvalue weighted by Gasteiger charge is -2.14. The Labute approximate surface area is 325 Å². The van der Waals surface area contributed by atoms with E-state index in [-0.39, 0.29) is 0 Å². The van der Waals surface area contributed by atoms with Crippen molar-refractivity contribution < 1.29 is 13.3 Å². The molecule has 0 aliphatic carbocycles. The van der Waals surface area contributed by atoms with Gasteiger partial charge in [0.15, 0.2) is 17.5 Å². The first-order chi connectivity index (χ1) is 28.2. The number of fused-ring (bicyclic) bond motifs is 9. The number of aromatic nitrogens is 3. The third kappa shape index (κ3) is 5.08. The molecule has 4 heterocycles. The Balaban J connectivity index is 1.15. The molecular weight excluding hydrogens is 703 g/mol. The minimum atomic E-state index is 0.555. The van der Waals surface area contributed by atoms with E-state index in [1.807, 2.05) is 97.1 Å². The van der Waals surface area contributed by atoms with Gasteiger partial charge in [-0.05, 0) is 82.9 Å². The molecule has 266 valence electrons. The number of para-hydroxylation sites is 2. The van der Waals surface area contributed by atoms with Crippen molar-refractivity contribution in [3.63, 3.8) is 0 Å². The topological polar surface area (TPSA) is 78.1 Å². The fraction of sp³-hybridized carbons (Fsp3) is 0. The predicted octanol–water partition coefficient (Wildman–Crippen LogP) is 13.9. The predicted molar refractivity (Wildman–Crippen MR) is 229 cm³/mol. The Bertz CT molecular complexity index is 3470. The van der Waals surface area contributed by atoms with E-state index >= 15 is 0 Å². The molecule has 0 radical (unpaired) electrons. The summed E-state index contributed by atoms with van der Waals surface area (Å²) in [6, 6.07) is 59.9. The van der Waals surface area contributed by atoms with Crippen molar-refractivity contribution >= 4 is 65.8 Å². The highest BCUT2D eigenvalue weighted by molar-refractivity contribution is 6.17. The molecule has 57 heavy (non-hydrogen) atoms. The van der Waals surface area contributed by atoms with Crippen molar-refractivity contribution in [1.82, 2.24) is 15.0 Å². The highest BCUT2D eigenvalue weighted by Gasteiger charge is 2.23. The molecule has 6 nitrogen and oxygen atoms in total. The van der Waals surface area contributed by atoms with Gasteiger partial charge < -0.3 is 13.3 Å². The summed E-state index contributed by atoms with van der Waals surface area (Å²) in [6.45, 7) is 0. The van der Waals surface area contributed by atoms with Crippen molar-refractivity contribution in [1.29, 1.82) is 0 Å². The van der Waals surface area contributed by atoms with E-state index in [2.05, 4.69) is 78.9 Å². The van der Waals surface area contributed by atoms with E-state index in [0.717, 1.165) is 105 Å². The van der Waals surface area contributed by atoms with Gasteiger partial charge in [-0.2, -0.15) is 0 Å². The molecule has 0 aliphatic heterocycles. The maximum absolute atomic E-state index is 6.66. The summed E-state index contributed by atoms with van der Waals surface area (Å²) in [5, 5.41) is 6.18. The van der Waals surface area contributed by atoms with Crippen LogP contribution in [0, 0.1) is 0 Å². The molecule has 0 saturated carbocycles. The lowest BCUT2D eigenvalue weighted by molar-refractivity contribution is 0.668. The molecule has 12 aromatic rings. The zero-order chi connectivity index (χ0) is 37.5. The van der Waals surface area contributed by atoms with E-state index in [4.69, 9.17) is 28.2 Å². The van der Waals surface area contributed by atoms with Crippen LogP contribution in [-0.4, -0.2) is 15.0 Å². The van der Waals surface area contributed by atoms with Gasteiger partial charge in [0.1, 0.15) is 33.5 Å². The largest absolute Gasteiger partial charge is 0.456 e. The standard InChI is InChI=1S/C51H29N3O3/c1-3-11-30(12-4-1)49-52-50(31-13-5-2-6-14-31)54-51(53-49)48-35(34-21-25-44-39(29-34)37-16-8-10-18-42(37)56-44)22-26-46-47(48)40-28-33(20-24-45(40)57-46)32-19-23-43-38(27-32)36-15-7-9-17-41(36)55-43/h1-29H. The summed E-state index contributed by atoms with van der Waals surface area (Å²) in [5.41, 5.74) is 11.7. The van der Waals surface area contributed by atoms with Crippen LogP contribution < -0.4 is 0 Å². The van der Waals surface area contributed by atoms with Crippen molar-refractivity contribution in [3.05, 3.63) is 176 Å². The Morgan fingerprint density at radius 3 is 1.30 bits per heavy atom. The monoisotopic (exact) mass is 731 g/mol. The molecule has 6 heteroatoms. The molecule has 0 aliphatic rings.